The van der Waals surface area contributed by atoms with Gasteiger partial charge in [-0.2, -0.15) is 4.31 Å². The molecule has 0 bridgehead atoms. The summed E-state index contributed by atoms with van der Waals surface area (Å²) >= 11 is 0. The minimum atomic E-state index is -3.36. The molecule has 23 heavy (non-hydrogen) atoms. The Morgan fingerprint density at radius 3 is 2.35 bits per heavy atom. The fourth-order valence-electron chi connectivity index (χ4n) is 3.29. The van der Waals surface area contributed by atoms with Crippen LogP contribution in [0, 0.1) is 5.92 Å². The summed E-state index contributed by atoms with van der Waals surface area (Å²) in [5, 5.41) is 5.46. The number of nitrogens with zero attached hydrogens (tertiary/aromatic N) is 1. The van der Waals surface area contributed by atoms with Gasteiger partial charge in [-0.25, -0.2) is 13.2 Å². The summed E-state index contributed by atoms with van der Waals surface area (Å²) in [6.07, 6.45) is 4.61. The summed E-state index contributed by atoms with van der Waals surface area (Å²) in [5.74, 6) is 0.490. The summed E-state index contributed by atoms with van der Waals surface area (Å²) < 4.78 is 31.7. The molecule has 0 spiro atoms. The number of carbonyl (C=O) groups is 1. The number of morpholine rings is 1. The first-order valence-electron chi connectivity index (χ1n) is 8.52. The van der Waals surface area contributed by atoms with E-state index in [9.17, 15) is 13.2 Å². The van der Waals surface area contributed by atoms with E-state index in [4.69, 9.17) is 4.74 Å². The van der Waals surface area contributed by atoms with Crippen LogP contribution in [0.5, 0.6) is 0 Å². The van der Waals surface area contributed by atoms with Crippen LogP contribution in [0.4, 0.5) is 4.79 Å². The number of amides is 2. The molecule has 1 saturated heterocycles. The van der Waals surface area contributed by atoms with E-state index >= 15 is 0 Å². The van der Waals surface area contributed by atoms with E-state index in [1.54, 1.807) is 0 Å². The van der Waals surface area contributed by atoms with E-state index < -0.39 is 10.0 Å². The lowest BCUT2D eigenvalue weighted by Gasteiger charge is -2.34. The summed E-state index contributed by atoms with van der Waals surface area (Å²) in [5.41, 5.74) is 0. The average Bonchev–Trinajstić information content (AvgIpc) is 2.97. The molecule has 0 aromatic carbocycles. The van der Waals surface area contributed by atoms with Crippen molar-refractivity contribution < 1.29 is 17.9 Å². The van der Waals surface area contributed by atoms with Crippen LogP contribution in [-0.4, -0.2) is 62.9 Å². The normalized spacial score (nSPS) is 27.0. The van der Waals surface area contributed by atoms with Crippen molar-refractivity contribution in [1.82, 2.24) is 14.9 Å². The lowest BCUT2D eigenvalue weighted by atomic mass is 10.1. The molecule has 2 N–H and O–H groups in total. The minimum Gasteiger partial charge on any atom is -0.373 e. The van der Waals surface area contributed by atoms with E-state index in [0.717, 1.165) is 0 Å². The molecule has 2 aliphatic rings. The molecule has 2 amide bonds. The smallest absolute Gasteiger partial charge is 0.314 e. The Kier molecular flexibility index (Phi) is 6.67. The van der Waals surface area contributed by atoms with Crippen LogP contribution in [0.3, 0.4) is 0 Å². The van der Waals surface area contributed by atoms with Gasteiger partial charge in [-0.1, -0.05) is 12.8 Å². The van der Waals surface area contributed by atoms with E-state index in [1.807, 2.05) is 13.8 Å². The van der Waals surface area contributed by atoms with Crippen molar-refractivity contribution in [2.45, 2.75) is 51.7 Å². The van der Waals surface area contributed by atoms with Crippen LogP contribution in [0.1, 0.15) is 39.5 Å². The third kappa shape index (κ3) is 5.93. The average molecular weight is 347 g/mol. The van der Waals surface area contributed by atoms with Crippen LogP contribution < -0.4 is 10.6 Å². The fraction of sp³-hybridized carbons (Fsp3) is 0.933. The third-order valence-corrected chi connectivity index (χ3v) is 6.26. The number of rotatable bonds is 6. The monoisotopic (exact) mass is 347 g/mol. The van der Waals surface area contributed by atoms with Crippen molar-refractivity contribution in [3.8, 4) is 0 Å². The molecule has 1 aliphatic carbocycles. The van der Waals surface area contributed by atoms with E-state index in [2.05, 4.69) is 10.6 Å². The Labute approximate surface area is 139 Å². The maximum Gasteiger partial charge on any atom is 0.314 e. The number of hydrogen-bond acceptors (Lipinski definition) is 4. The maximum absolute atomic E-state index is 12.3. The van der Waals surface area contributed by atoms with Crippen molar-refractivity contribution in [3.05, 3.63) is 0 Å². The summed E-state index contributed by atoms with van der Waals surface area (Å²) in [6, 6.07) is -0.282. The predicted molar refractivity (Wildman–Crippen MR) is 88.7 cm³/mol. The first kappa shape index (κ1) is 18.5. The second-order valence-corrected chi connectivity index (χ2v) is 8.77. The zero-order valence-electron chi connectivity index (χ0n) is 14.1. The Bertz CT molecular complexity index is 481. The largest absolute Gasteiger partial charge is 0.373 e. The molecule has 2 atom stereocenters. The van der Waals surface area contributed by atoms with Gasteiger partial charge in [0.05, 0.1) is 18.0 Å². The predicted octanol–water partition coefficient (Wildman–Crippen LogP) is 0.915. The van der Waals surface area contributed by atoms with Crippen molar-refractivity contribution >= 4 is 16.1 Å². The molecule has 2 rings (SSSR count). The van der Waals surface area contributed by atoms with Crippen molar-refractivity contribution in [3.63, 3.8) is 0 Å². The standard InChI is InChI=1S/C15H29N3O4S/c1-12-10-18(11-13(2)22-12)23(20,21)8-7-16-15(19)17-9-14-5-3-4-6-14/h12-14H,3-11H2,1-2H3,(H2,16,17,19). The molecular weight excluding hydrogens is 318 g/mol. The SMILES string of the molecule is CC1CN(S(=O)(=O)CCNC(=O)NCC2CCCC2)CC(C)O1. The van der Waals surface area contributed by atoms with Gasteiger partial charge in [0.15, 0.2) is 0 Å². The Morgan fingerprint density at radius 2 is 1.74 bits per heavy atom. The second-order valence-electron chi connectivity index (χ2n) is 6.68. The van der Waals surface area contributed by atoms with Crippen LogP contribution in [0.15, 0.2) is 0 Å². The molecule has 1 saturated carbocycles. The molecule has 0 aromatic heterocycles. The fourth-order valence-corrected chi connectivity index (χ4v) is 4.79. The van der Waals surface area contributed by atoms with E-state index in [0.29, 0.717) is 25.6 Å². The van der Waals surface area contributed by atoms with E-state index in [1.165, 1.54) is 30.0 Å². The molecular formula is C15H29N3O4S. The molecule has 0 radical (unpaired) electrons. The van der Waals surface area contributed by atoms with Crippen LogP contribution >= 0.6 is 0 Å². The molecule has 0 aromatic rings. The zero-order valence-corrected chi connectivity index (χ0v) is 14.9. The number of sulfonamides is 1. The van der Waals surface area contributed by atoms with Gasteiger partial charge in [0.2, 0.25) is 10.0 Å². The molecule has 1 heterocycles. The minimum absolute atomic E-state index is 0.0801. The maximum atomic E-state index is 12.3. The van der Waals surface area contributed by atoms with Gasteiger partial charge in [0.1, 0.15) is 0 Å². The summed E-state index contributed by atoms with van der Waals surface area (Å²) in [4.78, 5) is 11.7. The highest BCUT2D eigenvalue weighted by atomic mass is 32.2. The van der Waals surface area contributed by atoms with Gasteiger partial charge in [0, 0.05) is 26.2 Å². The molecule has 2 unspecified atom stereocenters. The summed E-state index contributed by atoms with van der Waals surface area (Å²) in [6.45, 7) is 5.29. The van der Waals surface area contributed by atoms with Crippen molar-refractivity contribution in [2.24, 2.45) is 5.92 Å². The number of ether oxygens (including phenoxy) is 1. The van der Waals surface area contributed by atoms with Crippen LogP contribution in [-0.2, 0) is 14.8 Å². The molecule has 2 fully saturated rings. The van der Waals surface area contributed by atoms with Gasteiger partial charge in [-0.05, 0) is 32.6 Å². The van der Waals surface area contributed by atoms with Gasteiger partial charge in [-0.15, -0.1) is 0 Å². The highest BCUT2D eigenvalue weighted by Gasteiger charge is 2.30. The second kappa shape index (κ2) is 8.30. The Balaban J connectivity index is 1.68. The zero-order chi connectivity index (χ0) is 16.9. The van der Waals surface area contributed by atoms with Gasteiger partial charge < -0.3 is 15.4 Å². The third-order valence-electron chi connectivity index (χ3n) is 4.45. The molecule has 134 valence electrons. The quantitative estimate of drug-likeness (QED) is 0.748. The Morgan fingerprint density at radius 1 is 1.13 bits per heavy atom. The van der Waals surface area contributed by atoms with Gasteiger partial charge in [0.25, 0.3) is 0 Å². The molecule has 8 heteroatoms. The first-order valence-corrected chi connectivity index (χ1v) is 10.1. The van der Waals surface area contributed by atoms with Crippen LogP contribution in [0.2, 0.25) is 0 Å². The number of nitrogens with one attached hydrogen (secondary N) is 2. The molecule has 1 aliphatic heterocycles. The topological polar surface area (TPSA) is 87.7 Å². The van der Waals surface area contributed by atoms with E-state index in [-0.39, 0.29) is 30.5 Å². The lowest BCUT2D eigenvalue weighted by molar-refractivity contribution is -0.0440. The highest BCUT2D eigenvalue weighted by molar-refractivity contribution is 7.89. The highest BCUT2D eigenvalue weighted by Crippen LogP contribution is 2.23. The van der Waals surface area contributed by atoms with Gasteiger partial charge >= 0.3 is 6.03 Å². The van der Waals surface area contributed by atoms with Crippen LogP contribution in [0.25, 0.3) is 0 Å². The Hall–Kier alpha value is -0.860. The molecule has 7 nitrogen and oxygen atoms in total. The lowest BCUT2D eigenvalue weighted by Crippen LogP contribution is -2.50. The number of hydrogen-bond donors (Lipinski definition) is 2. The van der Waals surface area contributed by atoms with Crippen molar-refractivity contribution in [1.29, 1.82) is 0 Å². The number of carbonyl (C=O) groups excluding carboxylic acids is 1. The first-order chi connectivity index (χ1) is 10.9. The van der Waals surface area contributed by atoms with Crippen molar-refractivity contribution in [2.75, 3.05) is 31.9 Å². The van der Waals surface area contributed by atoms with Gasteiger partial charge in [-0.3, -0.25) is 0 Å². The number of urea groups is 1. The summed E-state index contributed by atoms with van der Waals surface area (Å²) in [7, 11) is -3.36.